The van der Waals surface area contributed by atoms with Crippen molar-refractivity contribution in [1.82, 2.24) is 0 Å². The first-order valence-corrected chi connectivity index (χ1v) is 8.80. The van der Waals surface area contributed by atoms with Gasteiger partial charge < -0.3 is 5.21 Å². The van der Waals surface area contributed by atoms with E-state index in [0.29, 0.717) is 18.7 Å². The number of hydrogen-bond donors (Lipinski definition) is 0. The second kappa shape index (κ2) is 5.42. The summed E-state index contributed by atoms with van der Waals surface area (Å²) >= 11 is 0. The van der Waals surface area contributed by atoms with Crippen LogP contribution in [-0.2, 0) is 5.41 Å². The number of allylic oxidation sites excluding steroid dienone is 4. The van der Waals surface area contributed by atoms with Gasteiger partial charge in [0.15, 0.2) is 18.1 Å². The fourth-order valence-electron chi connectivity index (χ4n) is 4.44. The number of quaternary nitrogens is 1. The van der Waals surface area contributed by atoms with Crippen molar-refractivity contribution in [3.8, 4) is 0 Å². The third kappa shape index (κ3) is 1.98. The van der Waals surface area contributed by atoms with Crippen LogP contribution in [0, 0.1) is 15.3 Å². The fraction of sp³-hybridized carbons (Fsp3) is 0.200. The molecule has 27 heavy (non-hydrogen) atoms. The summed E-state index contributed by atoms with van der Waals surface area (Å²) in [6, 6.07) is 9.02. The van der Waals surface area contributed by atoms with E-state index in [1.165, 1.54) is 12.4 Å². The van der Waals surface area contributed by atoms with Crippen LogP contribution in [0.1, 0.15) is 18.4 Å². The van der Waals surface area contributed by atoms with Gasteiger partial charge in [0.05, 0.1) is 10.6 Å². The Kier molecular flexibility index (Phi) is 3.22. The molecule has 3 atom stereocenters. The molecule has 5 rings (SSSR count). The third-order valence-electron chi connectivity index (χ3n) is 5.70. The van der Waals surface area contributed by atoms with Gasteiger partial charge in [0.2, 0.25) is 5.84 Å². The lowest BCUT2D eigenvalue weighted by atomic mass is 9.70. The van der Waals surface area contributed by atoms with Gasteiger partial charge in [-0.3, -0.25) is 14.8 Å². The Morgan fingerprint density at radius 2 is 2.04 bits per heavy atom. The molecule has 0 radical (unpaired) electrons. The highest BCUT2D eigenvalue weighted by Gasteiger charge is 2.59. The van der Waals surface area contributed by atoms with Gasteiger partial charge in [-0.1, -0.05) is 48.6 Å². The van der Waals surface area contributed by atoms with Gasteiger partial charge in [-0.15, -0.1) is 0 Å². The van der Waals surface area contributed by atoms with E-state index < -0.39 is 21.0 Å². The zero-order valence-electron chi connectivity index (χ0n) is 14.4. The van der Waals surface area contributed by atoms with Crippen molar-refractivity contribution in [3.63, 3.8) is 0 Å². The van der Waals surface area contributed by atoms with E-state index in [-0.39, 0.29) is 11.4 Å². The molecule has 0 bridgehead atoms. The molecule has 1 aromatic rings. The standard InChI is InChI=1S/C20H16N4O3/c25-23(26)15-9-6-10-16-18(15)22-19-20(14-7-2-1-3-8-14)12-5-4-11-17(20)21-13-24(16,19)27/h1-9,11,13,16H,10,12H2. The summed E-state index contributed by atoms with van der Waals surface area (Å²) in [6.45, 7) is 0. The Morgan fingerprint density at radius 1 is 1.22 bits per heavy atom. The predicted octanol–water partition coefficient (Wildman–Crippen LogP) is 3.35. The van der Waals surface area contributed by atoms with Crippen LogP contribution in [0.15, 0.2) is 87.8 Å². The summed E-state index contributed by atoms with van der Waals surface area (Å²) in [5, 5.41) is 25.5. The Morgan fingerprint density at radius 3 is 2.81 bits per heavy atom. The molecular formula is C20H16N4O3. The molecule has 0 fully saturated rings. The molecule has 0 amide bonds. The Labute approximate surface area is 155 Å². The second-order valence-electron chi connectivity index (χ2n) is 7.03. The van der Waals surface area contributed by atoms with Crippen LogP contribution < -0.4 is 0 Å². The average Bonchev–Trinajstić information content (AvgIpc) is 3.02. The molecule has 0 aromatic heterocycles. The second-order valence-corrected chi connectivity index (χ2v) is 7.03. The molecule has 2 heterocycles. The normalized spacial score (nSPS) is 33.1. The number of nitro groups is 1. The van der Waals surface area contributed by atoms with Crippen molar-refractivity contribution in [1.29, 1.82) is 0 Å². The van der Waals surface area contributed by atoms with Crippen LogP contribution in [0.4, 0.5) is 0 Å². The number of aliphatic imine (C=N–C) groups is 2. The van der Waals surface area contributed by atoms with Gasteiger partial charge in [0, 0.05) is 12.5 Å². The van der Waals surface area contributed by atoms with E-state index in [0.717, 1.165) is 11.3 Å². The minimum absolute atomic E-state index is 0.102. The summed E-state index contributed by atoms with van der Waals surface area (Å²) < 4.78 is -0.864. The Hall–Kier alpha value is -3.16. The highest BCUT2D eigenvalue weighted by molar-refractivity contribution is 6.00. The summed E-state index contributed by atoms with van der Waals surface area (Å²) in [6.07, 6.45) is 11.2. The van der Waals surface area contributed by atoms with E-state index in [2.05, 4.69) is 9.98 Å². The van der Waals surface area contributed by atoms with E-state index >= 15 is 0 Å². The molecular weight excluding hydrogens is 344 g/mol. The zero-order chi connectivity index (χ0) is 18.6. The number of benzene rings is 1. The number of rotatable bonds is 2. The van der Waals surface area contributed by atoms with E-state index in [4.69, 9.17) is 0 Å². The van der Waals surface area contributed by atoms with E-state index in [9.17, 15) is 15.3 Å². The first-order valence-electron chi connectivity index (χ1n) is 8.80. The minimum atomic E-state index is -0.864. The number of fused-ring (bicyclic) bond motifs is 5. The van der Waals surface area contributed by atoms with Crippen LogP contribution in [0.2, 0.25) is 0 Å². The molecule has 2 aliphatic carbocycles. The molecule has 1 aromatic carbocycles. The summed E-state index contributed by atoms with van der Waals surface area (Å²) in [5.74, 6) is 0.363. The van der Waals surface area contributed by atoms with E-state index in [1.54, 1.807) is 6.08 Å². The fourth-order valence-corrected chi connectivity index (χ4v) is 4.44. The van der Waals surface area contributed by atoms with Crippen molar-refractivity contribution in [2.75, 3.05) is 0 Å². The van der Waals surface area contributed by atoms with Crippen LogP contribution in [0.3, 0.4) is 0 Å². The number of hydrogen-bond acceptors (Lipinski definition) is 5. The van der Waals surface area contributed by atoms with Crippen LogP contribution in [0.25, 0.3) is 0 Å². The van der Waals surface area contributed by atoms with Gasteiger partial charge in [-0.2, -0.15) is 4.99 Å². The van der Waals surface area contributed by atoms with Gasteiger partial charge in [0.25, 0.3) is 5.70 Å². The Bertz CT molecular complexity index is 1030. The molecule has 134 valence electrons. The minimum Gasteiger partial charge on any atom is -0.620 e. The monoisotopic (exact) mass is 360 g/mol. The first-order chi connectivity index (χ1) is 13.1. The zero-order valence-corrected chi connectivity index (χ0v) is 14.4. The number of nitrogens with zero attached hydrogens (tertiary/aromatic N) is 4. The maximum Gasteiger partial charge on any atom is 0.296 e. The molecule has 2 aliphatic heterocycles. The molecule has 0 saturated carbocycles. The molecule has 7 heteroatoms. The van der Waals surface area contributed by atoms with Gasteiger partial charge in [0.1, 0.15) is 5.41 Å². The molecule has 4 aliphatic rings. The molecule has 0 N–H and O–H groups in total. The van der Waals surface area contributed by atoms with Crippen molar-refractivity contribution in [3.05, 3.63) is 98.7 Å². The molecule has 7 nitrogen and oxygen atoms in total. The van der Waals surface area contributed by atoms with Crippen LogP contribution in [-0.4, -0.2) is 27.8 Å². The topological polar surface area (TPSA) is 90.9 Å². The van der Waals surface area contributed by atoms with Gasteiger partial charge >= 0.3 is 0 Å². The highest BCUT2D eigenvalue weighted by atomic mass is 16.6. The van der Waals surface area contributed by atoms with Crippen LogP contribution >= 0.6 is 0 Å². The number of amidine groups is 1. The predicted molar refractivity (Wildman–Crippen MR) is 101 cm³/mol. The maximum atomic E-state index is 14.0. The Balaban J connectivity index is 1.82. The van der Waals surface area contributed by atoms with Crippen molar-refractivity contribution in [2.24, 2.45) is 9.98 Å². The molecule has 3 unspecified atom stereocenters. The molecule has 0 spiro atoms. The van der Waals surface area contributed by atoms with Crippen molar-refractivity contribution >= 4 is 12.2 Å². The number of hydroxylamine groups is 3. The first kappa shape index (κ1) is 16.0. The SMILES string of the molecule is O=[N+]([O-])C1=C2N=C3C4(c5ccccc5)CC=CC=C4N=C[N+]3([O-])C2CC=C1. The highest BCUT2D eigenvalue weighted by Crippen LogP contribution is 2.50. The van der Waals surface area contributed by atoms with Crippen molar-refractivity contribution in [2.45, 2.75) is 24.3 Å². The van der Waals surface area contributed by atoms with Gasteiger partial charge in [-0.25, -0.2) is 4.99 Å². The van der Waals surface area contributed by atoms with Gasteiger partial charge in [-0.05, 0) is 18.1 Å². The average molecular weight is 360 g/mol. The van der Waals surface area contributed by atoms with E-state index in [1.807, 2.05) is 48.6 Å². The summed E-state index contributed by atoms with van der Waals surface area (Å²) in [7, 11) is 0. The summed E-state index contributed by atoms with van der Waals surface area (Å²) in [4.78, 5) is 20.2. The quantitative estimate of drug-likeness (QED) is 0.350. The van der Waals surface area contributed by atoms with Crippen molar-refractivity contribution < 1.29 is 9.57 Å². The van der Waals surface area contributed by atoms with Crippen LogP contribution in [0.5, 0.6) is 0 Å². The lowest BCUT2D eigenvalue weighted by Gasteiger charge is -2.49. The maximum absolute atomic E-state index is 14.0. The summed E-state index contributed by atoms with van der Waals surface area (Å²) in [5.41, 5.74) is 1.01. The third-order valence-corrected chi connectivity index (χ3v) is 5.70. The smallest absolute Gasteiger partial charge is 0.296 e. The lowest BCUT2D eigenvalue weighted by Crippen LogP contribution is -2.61. The lowest BCUT2D eigenvalue weighted by molar-refractivity contribution is -0.707. The molecule has 0 saturated heterocycles. The largest absolute Gasteiger partial charge is 0.620 e.